The minimum atomic E-state index is 0. The Hall–Kier alpha value is -2.29. The lowest BCUT2D eigenvalue weighted by atomic mass is 10.0. The predicted molar refractivity (Wildman–Crippen MR) is 129 cm³/mol. The smallest absolute Gasteiger partial charge is 0.246 e. The number of carbonyl (C=O) groups excluding carboxylic acids is 1. The van der Waals surface area contributed by atoms with Crippen molar-refractivity contribution in [2.24, 2.45) is 4.99 Å². The number of ether oxygens (including phenoxy) is 1. The Balaban J connectivity index is 0.00000300. The van der Waals surface area contributed by atoms with Gasteiger partial charge in [0.05, 0.1) is 13.7 Å². The van der Waals surface area contributed by atoms with Crippen LogP contribution in [0.15, 0.2) is 53.5 Å². The fourth-order valence-corrected chi connectivity index (χ4v) is 3.39. The second-order valence-electron chi connectivity index (χ2n) is 6.73. The van der Waals surface area contributed by atoms with Gasteiger partial charge in [0.25, 0.3) is 0 Å². The Kier molecular flexibility index (Phi) is 9.24. The molecule has 0 fully saturated rings. The van der Waals surface area contributed by atoms with Crippen molar-refractivity contribution in [2.75, 3.05) is 38.7 Å². The first-order chi connectivity index (χ1) is 13.7. The number of hydrogen-bond donors (Lipinski definition) is 2. The molecule has 1 amide bonds. The molecule has 0 saturated carbocycles. The zero-order valence-electron chi connectivity index (χ0n) is 17.0. The highest BCUT2D eigenvalue weighted by atomic mass is 127. The second-order valence-corrected chi connectivity index (χ2v) is 6.73. The zero-order valence-corrected chi connectivity index (χ0v) is 19.3. The summed E-state index contributed by atoms with van der Waals surface area (Å²) in [5.41, 5.74) is 3.48. The average Bonchev–Trinajstić information content (AvgIpc) is 2.76. The van der Waals surface area contributed by atoms with Crippen LogP contribution in [0.2, 0.25) is 0 Å². The quantitative estimate of drug-likeness (QED) is 0.358. The van der Waals surface area contributed by atoms with Gasteiger partial charge in [-0.25, -0.2) is 0 Å². The largest absolute Gasteiger partial charge is 0.497 e. The number of amides is 1. The molecule has 0 spiro atoms. The van der Waals surface area contributed by atoms with E-state index in [1.54, 1.807) is 14.2 Å². The topological polar surface area (TPSA) is 66.0 Å². The first-order valence-corrected chi connectivity index (χ1v) is 9.67. The number of nitrogens with zero attached hydrogens (tertiary/aromatic N) is 2. The molecule has 0 aromatic heterocycles. The van der Waals surface area contributed by atoms with Crippen molar-refractivity contribution in [1.29, 1.82) is 0 Å². The summed E-state index contributed by atoms with van der Waals surface area (Å²) in [5, 5.41) is 6.39. The van der Waals surface area contributed by atoms with Crippen molar-refractivity contribution in [3.05, 3.63) is 59.7 Å². The number of benzene rings is 2. The molecule has 0 aliphatic carbocycles. The number of rotatable bonds is 6. The van der Waals surface area contributed by atoms with E-state index in [0.717, 1.165) is 43.8 Å². The van der Waals surface area contributed by atoms with Gasteiger partial charge in [0.2, 0.25) is 5.91 Å². The highest BCUT2D eigenvalue weighted by molar-refractivity contribution is 14.0. The summed E-state index contributed by atoms with van der Waals surface area (Å²) in [7, 11) is 3.37. The van der Waals surface area contributed by atoms with Gasteiger partial charge in [-0.3, -0.25) is 9.79 Å². The standard InChI is InChI=1S/C22H28N4O2.HI/c1-23-22(24-14-13-17-9-11-19(28-2)12-10-17)25-16-21(27)26-15-5-7-18-6-3-4-8-20(18)26;/h3-4,6,8-12H,5,7,13-16H2,1-2H3,(H2,23,24,25);1H. The third-order valence-corrected chi connectivity index (χ3v) is 4.91. The predicted octanol–water partition coefficient (Wildman–Crippen LogP) is 3.00. The van der Waals surface area contributed by atoms with Crippen LogP contribution >= 0.6 is 24.0 Å². The number of aryl methyl sites for hydroxylation is 1. The summed E-state index contributed by atoms with van der Waals surface area (Å²) >= 11 is 0. The molecule has 29 heavy (non-hydrogen) atoms. The number of guanidine groups is 1. The van der Waals surface area contributed by atoms with Crippen molar-refractivity contribution in [3.63, 3.8) is 0 Å². The van der Waals surface area contributed by atoms with Gasteiger partial charge < -0.3 is 20.3 Å². The molecule has 0 saturated heterocycles. The van der Waals surface area contributed by atoms with Crippen LogP contribution in [0.1, 0.15) is 17.5 Å². The Morgan fingerprint density at radius 2 is 1.90 bits per heavy atom. The zero-order chi connectivity index (χ0) is 19.8. The fourth-order valence-electron chi connectivity index (χ4n) is 3.39. The highest BCUT2D eigenvalue weighted by Gasteiger charge is 2.21. The van der Waals surface area contributed by atoms with Gasteiger partial charge in [-0.1, -0.05) is 30.3 Å². The van der Waals surface area contributed by atoms with Crippen LogP contribution in [0.5, 0.6) is 5.75 Å². The van der Waals surface area contributed by atoms with Crippen LogP contribution in [-0.4, -0.2) is 45.7 Å². The fraction of sp³-hybridized carbons (Fsp3) is 0.364. The molecule has 1 aliphatic heterocycles. The number of carbonyl (C=O) groups is 1. The molecular weight excluding hydrogens is 479 g/mol. The summed E-state index contributed by atoms with van der Waals surface area (Å²) in [6.45, 7) is 1.71. The van der Waals surface area contributed by atoms with Gasteiger partial charge in [-0.05, 0) is 48.6 Å². The molecule has 2 aromatic rings. The molecule has 2 N–H and O–H groups in total. The molecule has 0 unspecified atom stereocenters. The molecule has 7 heteroatoms. The maximum absolute atomic E-state index is 12.7. The van der Waals surface area contributed by atoms with Crippen molar-refractivity contribution in [3.8, 4) is 5.75 Å². The van der Waals surface area contributed by atoms with Crippen molar-refractivity contribution >= 4 is 41.5 Å². The average molecular weight is 508 g/mol. The van der Waals surface area contributed by atoms with Gasteiger partial charge in [0, 0.05) is 25.8 Å². The monoisotopic (exact) mass is 508 g/mol. The Morgan fingerprint density at radius 3 is 2.62 bits per heavy atom. The molecule has 0 radical (unpaired) electrons. The first kappa shape index (κ1) is 23.0. The summed E-state index contributed by atoms with van der Waals surface area (Å²) in [4.78, 5) is 18.8. The third kappa shape index (κ3) is 6.35. The lowest BCUT2D eigenvalue weighted by Gasteiger charge is -2.29. The van der Waals surface area contributed by atoms with Gasteiger partial charge >= 0.3 is 0 Å². The van der Waals surface area contributed by atoms with E-state index in [4.69, 9.17) is 4.74 Å². The van der Waals surface area contributed by atoms with E-state index in [2.05, 4.69) is 21.7 Å². The number of hydrogen-bond acceptors (Lipinski definition) is 3. The summed E-state index contributed by atoms with van der Waals surface area (Å²) in [5.74, 6) is 1.55. The molecule has 2 aromatic carbocycles. The van der Waals surface area contributed by atoms with E-state index < -0.39 is 0 Å². The van der Waals surface area contributed by atoms with Crippen molar-refractivity contribution in [1.82, 2.24) is 10.6 Å². The maximum atomic E-state index is 12.7. The van der Waals surface area contributed by atoms with Crippen LogP contribution in [-0.2, 0) is 17.6 Å². The summed E-state index contributed by atoms with van der Waals surface area (Å²) in [6, 6.07) is 16.1. The van der Waals surface area contributed by atoms with Crippen LogP contribution in [0.4, 0.5) is 5.69 Å². The highest BCUT2D eigenvalue weighted by Crippen LogP contribution is 2.26. The van der Waals surface area contributed by atoms with Crippen LogP contribution in [0.25, 0.3) is 0 Å². The number of methoxy groups -OCH3 is 1. The number of anilines is 1. The molecule has 3 rings (SSSR count). The maximum Gasteiger partial charge on any atom is 0.246 e. The minimum absolute atomic E-state index is 0. The SMILES string of the molecule is CN=C(NCCc1ccc(OC)cc1)NCC(=O)N1CCCc2ccccc21.I. The Labute approximate surface area is 189 Å². The first-order valence-electron chi connectivity index (χ1n) is 9.67. The second kappa shape index (κ2) is 11.6. The number of fused-ring (bicyclic) bond motifs is 1. The lowest BCUT2D eigenvalue weighted by Crippen LogP contribution is -2.46. The molecular formula is C22H29IN4O2. The van der Waals surface area contributed by atoms with E-state index in [-0.39, 0.29) is 36.4 Å². The third-order valence-electron chi connectivity index (χ3n) is 4.91. The normalized spacial score (nSPS) is 13.2. The van der Waals surface area contributed by atoms with E-state index in [0.29, 0.717) is 5.96 Å². The molecule has 0 bridgehead atoms. The number of halogens is 1. The Morgan fingerprint density at radius 1 is 1.14 bits per heavy atom. The van der Waals surface area contributed by atoms with Crippen LogP contribution in [0, 0.1) is 0 Å². The van der Waals surface area contributed by atoms with E-state index in [9.17, 15) is 4.79 Å². The molecule has 156 valence electrons. The lowest BCUT2D eigenvalue weighted by molar-refractivity contribution is -0.117. The van der Waals surface area contributed by atoms with Crippen LogP contribution in [0.3, 0.4) is 0 Å². The van der Waals surface area contributed by atoms with E-state index in [1.165, 1.54) is 11.1 Å². The summed E-state index contributed by atoms with van der Waals surface area (Å²) in [6.07, 6.45) is 2.89. The number of nitrogens with one attached hydrogen (secondary N) is 2. The molecule has 0 atom stereocenters. The van der Waals surface area contributed by atoms with Gasteiger partial charge in [-0.15, -0.1) is 24.0 Å². The van der Waals surface area contributed by atoms with E-state index >= 15 is 0 Å². The summed E-state index contributed by atoms with van der Waals surface area (Å²) < 4.78 is 5.17. The van der Waals surface area contributed by atoms with Gasteiger partial charge in [-0.2, -0.15) is 0 Å². The Bertz CT molecular complexity index is 824. The van der Waals surface area contributed by atoms with Gasteiger partial charge in [0.1, 0.15) is 5.75 Å². The van der Waals surface area contributed by atoms with E-state index in [1.807, 2.05) is 47.4 Å². The van der Waals surface area contributed by atoms with Crippen molar-refractivity contribution < 1.29 is 9.53 Å². The molecule has 1 aliphatic rings. The minimum Gasteiger partial charge on any atom is -0.497 e. The van der Waals surface area contributed by atoms with Gasteiger partial charge in [0.15, 0.2) is 5.96 Å². The van der Waals surface area contributed by atoms with Crippen LogP contribution < -0.4 is 20.3 Å². The molecule has 1 heterocycles. The molecule has 6 nitrogen and oxygen atoms in total. The van der Waals surface area contributed by atoms with Crippen molar-refractivity contribution in [2.45, 2.75) is 19.3 Å². The number of para-hydroxylation sites is 1. The number of aliphatic imine (C=N–C) groups is 1.